The molecule has 1 aliphatic rings. The van der Waals surface area contributed by atoms with Crippen molar-refractivity contribution in [3.63, 3.8) is 0 Å². The van der Waals surface area contributed by atoms with Gasteiger partial charge in [0.25, 0.3) is 5.91 Å². The van der Waals surface area contributed by atoms with Gasteiger partial charge in [-0.15, -0.1) is 0 Å². The average molecular weight is 615 g/mol. The number of esters is 1. The van der Waals surface area contributed by atoms with Crippen LogP contribution in [0.5, 0.6) is 5.75 Å². The molecule has 1 saturated carbocycles. The fourth-order valence-electron chi connectivity index (χ4n) is 5.41. The lowest BCUT2D eigenvalue weighted by molar-refractivity contribution is -0.139. The monoisotopic (exact) mass is 614 g/mol. The number of urea groups is 1. The molecule has 0 atom stereocenters. The first-order valence-corrected chi connectivity index (χ1v) is 15.3. The van der Waals surface area contributed by atoms with Crippen molar-refractivity contribution in [3.05, 3.63) is 83.9 Å². The fourth-order valence-corrected chi connectivity index (χ4v) is 5.41. The lowest BCUT2D eigenvalue weighted by Crippen LogP contribution is -2.44. The van der Waals surface area contributed by atoms with Gasteiger partial charge in [-0.25, -0.2) is 4.79 Å². The molecule has 3 aromatic carbocycles. The van der Waals surface area contributed by atoms with E-state index < -0.39 is 6.03 Å². The van der Waals surface area contributed by atoms with Gasteiger partial charge in [0.05, 0.1) is 25.8 Å². The van der Waals surface area contributed by atoms with Crippen molar-refractivity contribution >= 4 is 40.9 Å². The molecule has 0 unspecified atom stereocenters. The van der Waals surface area contributed by atoms with Crippen molar-refractivity contribution in [1.82, 2.24) is 5.32 Å². The highest BCUT2D eigenvalue weighted by Crippen LogP contribution is 2.32. The van der Waals surface area contributed by atoms with Crippen LogP contribution in [0.4, 0.5) is 21.9 Å². The van der Waals surface area contributed by atoms with Gasteiger partial charge < -0.3 is 29.9 Å². The number of nitrogens with zero attached hydrogens (tertiary/aromatic N) is 2. The molecule has 3 aromatic rings. The fraction of sp³-hybridized carbons (Fsp3) is 0.371. The first kappa shape index (κ1) is 33.0. The van der Waals surface area contributed by atoms with Crippen molar-refractivity contribution in [2.75, 3.05) is 49.0 Å². The summed E-state index contributed by atoms with van der Waals surface area (Å²) >= 11 is 0. The summed E-state index contributed by atoms with van der Waals surface area (Å²) in [5.74, 6) is -0.174. The number of methoxy groups -OCH3 is 1. The van der Waals surface area contributed by atoms with Crippen LogP contribution in [0.3, 0.4) is 0 Å². The zero-order valence-electron chi connectivity index (χ0n) is 26.2. The van der Waals surface area contributed by atoms with Crippen LogP contribution in [0.25, 0.3) is 0 Å². The van der Waals surface area contributed by atoms with Gasteiger partial charge in [0, 0.05) is 25.0 Å². The predicted octanol–water partition coefficient (Wildman–Crippen LogP) is 5.49. The molecule has 0 spiro atoms. The lowest BCUT2D eigenvalue weighted by atomic mass is 9.89. The van der Waals surface area contributed by atoms with Gasteiger partial charge in [0.15, 0.2) is 6.61 Å². The van der Waals surface area contributed by atoms with E-state index in [1.54, 1.807) is 59.3 Å². The number of hydrogen-bond donors (Lipinski definition) is 2. The Morgan fingerprint density at radius 1 is 0.889 bits per heavy atom. The molecule has 0 heterocycles. The highest BCUT2D eigenvalue weighted by atomic mass is 16.5. The van der Waals surface area contributed by atoms with Crippen LogP contribution >= 0.6 is 0 Å². The Hall–Kier alpha value is -4.86. The van der Waals surface area contributed by atoms with Gasteiger partial charge in [0.1, 0.15) is 5.75 Å². The molecule has 0 aliphatic heterocycles. The summed E-state index contributed by atoms with van der Waals surface area (Å²) in [7, 11) is 3.03. The molecule has 1 fully saturated rings. The molecule has 4 rings (SSSR count). The number of para-hydroxylation sites is 2. The number of amides is 4. The maximum Gasteiger partial charge on any atom is 0.319 e. The van der Waals surface area contributed by atoms with Gasteiger partial charge in [-0.2, -0.15) is 0 Å². The Labute approximate surface area is 264 Å². The van der Waals surface area contributed by atoms with E-state index >= 15 is 0 Å². The number of carbonyl (C=O) groups is 4. The van der Waals surface area contributed by atoms with Crippen LogP contribution in [-0.4, -0.2) is 57.7 Å². The van der Waals surface area contributed by atoms with E-state index in [9.17, 15) is 19.2 Å². The van der Waals surface area contributed by atoms with Crippen molar-refractivity contribution in [2.24, 2.45) is 5.92 Å². The molecule has 10 heteroatoms. The molecular weight excluding hydrogens is 572 g/mol. The summed E-state index contributed by atoms with van der Waals surface area (Å²) in [4.78, 5) is 54.3. The maximum absolute atomic E-state index is 13.7. The van der Waals surface area contributed by atoms with E-state index in [4.69, 9.17) is 9.47 Å². The van der Waals surface area contributed by atoms with Gasteiger partial charge in [0.2, 0.25) is 5.91 Å². The molecule has 10 nitrogen and oxygen atoms in total. The van der Waals surface area contributed by atoms with E-state index in [0.29, 0.717) is 35.2 Å². The Kier molecular flexibility index (Phi) is 12.0. The van der Waals surface area contributed by atoms with E-state index in [-0.39, 0.29) is 37.4 Å². The van der Waals surface area contributed by atoms with Crippen LogP contribution in [-0.2, 0) is 25.5 Å². The second-order valence-electron chi connectivity index (χ2n) is 11.3. The first-order valence-electron chi connectivity index (χ1n) is 15.3. The Morgan fingerprint density at radius 3 is 2.40 bits per heavy atom. The molecule has 0 bridgehead atoms. The molecule has 2 N–H and O–H groups in total. The van der Waals surface area contributed by atoms with E-state index in [2.05, 4.69) is 10.6 Å². The minimum atomic E-state index is -0.550. The zero-order chi connectivity index (χ0) is 32.2. The highest BCUT2D eigenvalue weighted by molar-refractivity contribution is 6.00. The summed E-state index contributed by atoms with van der Waals surface area (Å²) < 4.78 is 10.7. The first-order chi connectivity index (χ1) is 21.7. The minimum absolute atomic E-state index is 0.0809. The highest BCUT2D eigenvalue weighted by Gasteiger charge is 2.25. The molecule has 0 aromatic heterocycles. The third kappa shape index (κ3) is 9.82. The molecule has 0 saturated heterocycles. The topological polar surface area (TPSA) is 117 Å². The van der Waals surface area contributed by atoms with Crippen LogP contribution in [0, 0.1) is 12.8 Å². The SMILES string of the molecule is COC(=O)Cc1cccc(NC(=O)NCC(=O)N(CC2CCCCC2)c2ccccc2OCC(=O)N(C)c2cccc(C)c2)c1. The number of likely N-dealkylation sites (N-methyl/N-ethyl adjacent to an activating group) is 1. The molecular formula is C35H42N4O6. The second kappa shape index (κ2) is 16.3. The quantitative estimate of drug-likeness (QED) is 0.261. The predicted molar refractivity (Wildman–Crippen MR) is 175 cm³/mol. The molecule has 4 amide bonds. The van der Waals surface area contributed by atoms with Gasteiger partial charge in [-0.3, -0.25) is 14.4 Å². The summed E-state index contributed by atoms with van der Waals surface area (Å²) in [5, 5.41) is 5.38. The lowest BCUT2D eigenvalue weighted by Gasteiger charge is -2.31. The molecule has 45 heavy (non-hydrogen) atoms. The largest absolute Gasteiger partial charge is 0.482 e. The normalized spacial score (nSPS) is 13.0. The van der Waals surface area contributed by atoms with Crippen molar-refractivity contribution in [2.45, 2.75) is 45.4 Å². The van der Waals surface area contributed by atoms with Crippen molar-refractivity contribution < 1.29 is 28.7 Å². The van der Waals surface area contributed by atoms with Crippen LogP contribution in [0.1, 0.15) is 43.2 Å². The van der Waals surface area contributed by atoms with E-state index in [1.165, 1.54) is 13.5 Å². The molecule has 238 valence electrons. The number of aryl methyl sites for hydroxylation is 1. The third-order valence-electron chi connectivity index (χ3n) is 7.90. The van der Waals surface area contributed by atoms with Crippen LogP contribution < -0.4 is 25.2 Å². The Balaban J connectivity index is 1.44. The minimum Gasteiger partial charge on any atom is -0.482 e. The van der Waals surface area contributed by atoms with Gasteiger partial charge in [-0.05, 0) is 73.2 Å². The Morgan fingerprint density at radius 2 is 1.64 bits per heavy atom. The molecule has 0 radical (unpaired) electrons. The maximum atomic E-state index is 13.7. The standard InChI is InChI=1S/C35H42N4O6/c1-25-11-9-16-29(19-25)38(2)33(41)24-45-31-18-8-7-17-30(31)39(23-26-12-5-4-6-13-26)32(40)22-36-35(43)37-28-15-10-14-27(20-28)21-34(42)44-3/h7-11,14-20,26H,4-6,12-13,21-24H2,1-3H3,(H2,36,37,43). The summed E-state index contributed by atoms with van der Waals surface area (Å²) in [6.45, 7) is 2.00. The second-order valence-corrected chi connectivity index (χ2v) is 11.3. The smallest absolute Gasteiger partial charge is 0.319 e. The van der Waals surface area contributed by atoms with Gasteiger partial charge in [-0.1, -0.05) is 55.7 Å². The van der Waals surface area contributed by atoms with E-state index in [0.717, 1.165) is 36.9 Å². The summed E-state index contributed by atoms with van der Waals surface area (Å²) in [6, 6.07) is 21.2. The van der Waals surface area contributed by atoms with Crippen LogP contribution in [0.2, 0.25) is 0 Å². The number of nitrogens with one attached hydrogen (secondary N) is 2. The van der Waals surface area contributed by atoms with Gasteiger partial charge >= 0.3 is 12.0 Å². The summed E-state index contributed by atoms with van der Waals surface area (Å²) in [5.41, 5.74) is 3.54. The van der Waals surface area contributed by atoms with E-state index in [1.807, 2.05) is 37.3 Å². The number of hydrogen-bond acceptors (Lipinski definition) is 6. The van der Waals surface area contributed by atoms with Crippen molar-refractivity contribution in [1.29, 1.82) is 0 Å². The number of anilines is 3. The number of rotatable bonds is 12. The zero-order valence-corrected chi connectivity index (χ0v) is 26.2. The number of carbonyl (C=O) groups excluding carboxylic acids is 4. The third-order valence-corrected chi connectivity index (χ3v) is 7.90. The molecule has 1 aliphatic carbocycles. The average Bonchev–Trinajstić information content (AvgIpc) is 3.05. The summed E-state index contributed by atoms with van der Waals surface area (Å²) in [6.07, 6.45) is 5.52. The Bertz CT molecular complexity index is 1490. The number of ether oxygens (including phenoxy) is 2. The number of benzene rings is 3. The van der Waals surface area contributed by atoms with Crippen LogP contribution in [0.15, 0.2) is 72.8 Å². The van der Waals surface area contributed by atoms with Crippen molar-refractivity contribution in [3.8, 4) is 5.75 Å².